The first-order valence-corrected chi connectivity index (χ1v) is 8.76. The van der Waals surface area contributed by atoms with Crippen molar-refractivity contribution in [3.05, 3.63) is 41.8 Å². The number of hydrogen-bond acceptors (Lipinski definition) is 5. The Kier molecular flexibility index (Phi) is 11.0. The number of aliphatic imine (C=N–C) groups is 1. The van der Waals surface area contributed by atoms with Crippen molar-refractivity contribution >= 4 is 29.9 Å². The van der Waals surface area contributed by atoms with Crippen molar-refractivity contribution in [2.45, 2.75) is 13.5 Å². The van der Waals surface area contributed by atoms with Gasteiger partial charge in [-0.3, -0.25) is 4.99 Å². The molecule has 8 heteroatoms. The Bertz CT molecular complexity index is 688. The van der Waals surface area contributed by atoms with E-state index in [1.165, 1.54) is 5.56 Å². The number of nitrogens with one attached hydrogen (secondary N) is 2. The molecule has 0 bridgehead atoms. The van der Waals surface area contributed by atoms with Gasteiger partial charge in [0, 0.05) is 39.4 Å². The first-order chi connectivity index (χ1) is 12.6. The van der Waals surface area contributed by atoms with E-state index in [-0.39, 0.29) is 24.0 Å². The minimum Gasteiger partial charge on any atom is -0.444 e. The number of guanidine groups is 1. The number of ether oxygens (including phenoxy) is 1. The first-order valence-electron chi connectivity index (χ1n) is 8.76. The number of benzene rings is 1. The molecule has 27 heavy (non-hydrogen) atoms. The molecule has 0 radical (unpaired) electrons. The van der Waals surface area contributed by atoms with E-state index in [0.717, 1.165) is 43.5 Å². The van der Waals surface area contributed by atoms with Crippen molar-refractivity contribution < 1.29 is 9.15 Å². The number of rotatable bonds is 9. The summed E-state index contributed by atoms with van der Waals surface area (Å²) in [6, 6.07) is 8.12. The molecular weight excluding hydrogens is 457 g/mol. The predicted octanol–water partition coefficient (Wildman–Crippen LogP) is 2.51. The maximum atomic E-state index is 5.58. The van der Waals surface area contributed by atoms with Crippen LogP contribution in [0.3, 0.4) is 0 Å². The van der Waals surface area contributed by atoms with E-state index in [1.807, 2.05) is 24.3 Å². The van der Waals surface area contributed by atoms with Crippen molar-refractivity contribution in [1.82, 2.24) is 20.5 Å². The van der Waals surface area contributed by atoms with Gasteiger partial charge in [-0.2, -0.15) is 0 Å². The van der Waals surface area contributed by atoms with Crippen molar-refractivity contribution in [2.24, 2.45) is 4.99 Å². The van der Waals surface area contributed by atoms with Crippen LogP contribution in [0, 0.1) is 6.92 Å². The molecule has 1 aromatic carbocycles. The largest absolute Gasteiger partial charge is 0.444 e. The number of likely N-dealkylation sites (N-methyl/N-ethyl adjacent to an activating group) is 1. The zero-order valence-electron chi connectivity index (χ0n) is 16.5. The Hall–Kier alpha value is -1.65. The Morgan fingerprint density at radius 1 is 1.22 bits per heavy atom. The number of oxazole rings is 1. The van der Waals surface area contributed by atoms with E-state index in [1.54, 1.807) is 20.4 Å². The van der Waals surface area contributed by atoms with Crippen LogP contribution in [0.5, 0.6) is 0 Å². The van der Waals surface area contributed by atoms with Gasteiger partial charge in [-0.15, -0.1) is 24.0 Å². The molecule has 2 N–H and O–H groups in total. The van der Waals surface area contributed by atoms with Gasteiger partial charge in [0.2, 0.25) is 5.89 Å². The van der Waals surface area contributed by atoms with Crippen LogP contribution in [-0.2, 0) is 11.3 Å². The number of aromatic nitrogens is 1. The van der Waals surface area contributed by atoms with Gasteiger partial charge in [0.1, 0.15) is 6.26 Å². The van der Waals surface area contributed by atoms with Crippen molar-refractivity contribution in [3.8, 4) is 11.5 Å². The van der Waals surface area contributed by atoms with E-state index in [9.17, 15) is 0 Å². The Labute approximate surface area is 178 Å². The van der Waals surface area contributed by atoms with Gasteiger partial charge in [0.25, 0.3) is 0 Å². The SMILES string of the molecule is CN=C(NCCN(C)CCOC)NCc1coc(-c2ccc(C)cc2)n1.I. The summed E-state index contributed by atoms with van der Waals surface area (Å²) in [7, 11) is 5.54. The lowest BCUT2D eigenvalue weighted by Gasteiger charge is -2.17. The maximum Gasteiger partial charge on any atom is 0.226 e. The maximum absolute atomic E-state index is 5.58. The molecule has 1 aromatic heterocycles. The highest BCUT2D eigenvalue weighted by molar-refractivity contribution is 14.0. The van der Waals surface area contributed by atoms with E-state index in [4.69, 9.17) is 9.15 Å². The van der Waals surface area contributed by atoms with Crippen LogP contribution in [0.15, 0.2) is 39.9 Å². The standard InChI is InChI=1S/C19H29N5O2.HI/c1-15-5-7-16(8-6-15)18-23-17(14-26-18)13-22-19(20-2)21-9-10-24(3)11-12-25-4;/h5-8,14H,9-13H2,1-4H3,(H2,20,21,22);1H. The molecule has 0 aliphatic carbocycles. The molecule has 0 aliphatic rings. The van der Waals surface area contributed by atoms with Gasteiger partial charge in [-0.1, -0.05) is 17.7 Å². The van der Waals surface area contributed by atoms with Crippen LogP contribution in [0.2, 0.25) is 0 Å². The highest BCUT2D eigenvalue weighted by Gasteiger charge is 2.07. The lowest BCUT2D eigenvalue weighted by molar-refractivity contribution is 0.162. The fourth-order valence-corrected chi connectivity index (χ4v) is 2.34. The third kappa shape index (κ3) is 8.27. The Balaban J connectivity index is 0.00000364. The second-order valence-corrected chi connectivity index (χ2v) is 6.16. The fourth-order valence-electron chi connectivity index (χ4n) is 2.34. The fraction of sp³-hybridized carbons (Fsp3) is 0.474. The highest BCUT2D eigenvalue weighted by Crippen LogP contribution is 2.18. The summed E-state index contributed by atoms with van der Waals surface area (Å²) >= 11 is 0. The number of halogens is 1. The molecule has 0 amide bonds. The molecule has 0 atom stereocenters. The van der Waals surface area contributed by atoms with Crippen molar-refractivity contribution in [1.29, 1.82) is 0 Å². The van der Waals surface area contributed by atoms with Gasteiger partial charge in [0.15, 0.2) is 5.96 Å². The van der Waals surface area contributed by atoms with Crippen LogP contribution in [-0.4, -0.2) is 63.3 Å². The van der Waals surface area contributed by atoms with Crippen LogP contribution in [0.25, 0.3) is 11.5 Å². The van der Waals surface area contributed by atoms with Crippen molar-refractivity contribution in [3.63, 3.8) is 0 Å². The van der Waals surface area contributed by atoms with Crippen LogP contribution in [0.4, 0.5) is 0 Å². The second kappa shape index (κ2) is 12.7. The zero-order chi connectivity index (χ0) is 18.8. The smallest absolute Gasteiger partial charge is 0.226 e. The predicted molar refractivity (Wildman–Crippen MR) is 120 cm³/mol. The third-order valence-corrected chi connectivity index (χ3v) is 3.97. The molecule has 2 aromatic rings. The molecule has 0 unspecified atom stereocenters. The number of nitrogens with zero attached hydrogens (tertiary/aromatic N) is 3. The van der Waals surface area contributed by atoms with Gasteiger partial charge in [-0.05, 0) is 26.1 Å². The number of methoxy groups -OCH3 is 1. The molecule has 0 fully saturated rings. The molecule has 0 aliphatic heterocycles. The normalized spacial score (nSPS) is 11.4. The monoisotopic (exact) mass is 487 g/mol. The Morgan fingerprint density at radius 2 is 1.96 bits per heavy atom. The van der Waals surface area contributed by atoms with Gasteiger partial charge in [0.05, 0.1) is 18.8 Å². The lowest BCUT2D eigenvalue weighted by atomic mass is 10.1. The molecule has 0 spiro atoms. The number of hydrogen-bond donors (Lipinski definition) is 2. The summed E-state index contributed by atoms with van der Waals surface area (Å²) < 4.78 is 10.7. The second-order valence-electron chi connectivity index (χ2n) is 6.16. The summed E-state index contributed by atoms with van der Waals surface area (Å²) in [5.74, 6) is 1.37. The van der Waals surface area contributed by atoms with Crippen LogP contribution in [0.1, 0.15) is 11.3 Å². The summed E-state index contributed by atoms with van der Waals surface area (Å²) in [5.41, 5.74) is 3.02. The third-order valence-electron chi connectivity index (χ3n) is 3.97. The minimum atomic E-state index is 0. The minimum absolute atomic E-state index is 0. The van der Waals surface area contributed by atoms with Crippen LogP contribution >= 0.6 is 24.0 Å². The molecule has 2 rings (SSSR count). The van der Waals surface area contributed by atoms with E-state index >= 15 is 0 Å². The average molecular weight is 487 g/mol. The first kappa shape index (κ1) is 23.4. The lowest BCUT2D eigenvalue weighted by Crippen LogP contribution is -2.41. The molecule has 0 saturated carbocycles. The van der Waals surface area contributed by atoms with Crippen molar-refractivity contribution in [2.75, 3.05) is 47.4 Å². The summed E-state index contributed by atoms with van der Waals surface area (Å²) in [6.07, 6.45) is 1.67. The van der Waals surface area contributed by atoms with Gasteiger partial charge >= 0.3 is 0 Å². The topological polar surface area (TPSA) is 74.9 Å². The highest BCUT2D eigenvalue weighted by atomic mass is 127. The molecule has 0 saturated heterocycles. The van der Waals surface area contributed by atoms with Gasteiger partial charge < -0.3 is 24.7 Å². The average Bonchev–Trinajstić information content (AvgIpc) is 3.12. The summed E-state index contributed by atoms with van der Waals surface area (Å²) in [6.45, 7) is 5.96. The van der Waals surface area contributed by atoms with E-state index in [0.29, 0.717) is 12.4 Å². The summed E-state index contributed by atoms with van der Waals surface area (Å²) in [5, 5.41) is 6.54. The van der Waals surface area contributed by atoms with Crippen LogP contribution < -0.4 is 10.6 Å². The number of aryl methyl sites for hydroxylation is 1. The van der Waals surface area contributed by atoms with E-state index in [2.05, 4.69) is 39.5 Å². The molecule has 7 nitrogen and oxygen atoms in total. The molecule has 150 valence electrons. The molecular formula is C19H30IN5O2. The Morgan fingerprint density at radius 3 is 2.63 bits per heavy atom. The van der Waals surface area contributed by atoms with Gasteiger partial charge in [-0.25, -0.2) is 4.98 Å². The zero-order valence-corrected chi connectivity index (χ0v) is 18.8. The summed E-state index contributed by atoms with van der Waals surface area (Å²) in [4.78, 5) is 11.0. The molecule has 1 heterocycles. The quantitative estimate of drug-likeness (QED) is 0.322. The van der Waals surface area contributed by atoms with E-state index < -0.39 is 0 Å².